The maximum absolute atomic E-state index is 13.3. The van der Waals surface area contributed by atoms with Crippen LogP contribution < -0.4 is 5.56 Å². The molecule has 1 aromatic heterocycles. The summed E-state index contributed by atoms with van der Waals surface area (Å²) in [5.41, 5.74) is 0.720. The van der Waals surface area contributed by atoms with Gasteiger partial charge in [0.2, 0.25) is 5.91 Å². The van der Waals surface area contributed by atoms with Gasteiger partial charge in [-0.3, -0.25) is 14.2 Å². The molecule has 0 bridgehead atoms. The van der Waals surface area contributed by atoms with Crippen molar-refractivity contribution in [2.45, 2.75) is 88.8 Å². The van der Waals surface area contributed by atoms with Crippen molar-refractivity contribution in [3.05, 3.63) is 34.6 Å². The van der Waals surface area contributed by atoms with Gasteiger partial charge in [-0.1, -0.05) is 36.7 Å². The van der Waals surface area contributed by atoms with Crippen LogP contribution in [0.1, 0.15) is 66.3 Å². The van der Waals surface area contributed by atoms with E-state index in [9.17, 15) is 9.59 Å². The summed E-state index contributed by atoms with van der Waals surface area (Å²) in [6, 6.07) is 7.96. The molecular weight excluding hydrogens is 370 g/mol. The molecule has 28 heavy (non-hydrogen) atoms. The van der Waals surface area contributed by atoms with Gasteiger partial charge in [0.1, 0.15) is 0 Å². The van der Waals surface area contributed by atoms with Gasteiger partial charge in [0.05, 0.1) is 16.2 Å². The average molecular weight is 402 g/mol. The highest BCUT2D eigenvalue weighted by Crippen LogP contribution is 2.33. The number of fused-ring (bicyclic) bond motifs is 1. The zero-order valence-corrected chi connectivity index (χ0v) is 18.3. The molecule has 0 radical (unpaired) electrons. The quantitative estimate of drug-likeness (QED) is 0.523. The Hall–Kier alpha value is -1.82. The third kappa shape index (κ3) is 4.12. The summed E-state index contributed by atoms with van der Waals surface area (Å²) in [7, 11) is 0. The number of carbonyl (C=O) groups excluding carboxylic acids is 1. The molecule has 1 saturated carbocycles. The lowest BCUT2D eigenvalue weighted by atomic mass is 10.2. The van der Waals surface area contributed by atoms with Crippen molar-refractivity contribution < 1.29 is 4.79 Å². The van der Waals surface area contributed by atoms with Crippen molar-refractivity contribution in [3.63, 3.8) is 0 Å². The fourth-order valence-corrected chi connectivity index (χ4v) is 5.25. The van der Waals surface area contributed by atoms with E-state index in [0.717, 1.165) is 25.7 Å². The van der Waals surface area contributed by atoms with E-state index in [1.54, 1.807) is 0 Å². The second-order valence-electron chi connectivity index (χ2n) is 8.22. The van der Waals surface area contributed by atoms with E-state index in [1.807, 2.05) is 68.4 Å². The molecule has 1 atom stereocenters. The number of para-hydroxylation sites is 1. The van der Waals surface area contributed by atoms with Crippen LogP contribution in [0.5, 0.6) is 0 Å². The predicted molar refractivity (Wildman–Crippen MR) is 116 cm³/mol. The maximum atomic E-state index is 13.3. The first-order valence-electron chi connectivity index (χ1n) is 10.3. The maximum Gasteiger partial charge on any atom is 0.262 e. The van der Waals surface area contributed by atoms with Crippen LogP contribution in [0.15, 0.2) is 34.2 Å². The number of thioether (sulfide) groups is 1. The first-order chi connectivity index (χ1) is 13.3. The second kappa shape index (κ2) is 8.68. The van der Waals surface area contributed by atoms with Crippen LogP contribution in [0.2, 0.25) is 0 Å². The molecule has 0 saturated heterocycles. The van der Waals surface area contributed by atoms with Gasteiger partial charge in [0.15, 0.2) is 5.16 Å². The standard InChI is InChI=1S/C22H31N3O2S/c1-14(2)24(15(3)4)20(26)16(5)28-22-23-19-13-9-8-12-18(19)21(27)25(22)17-10-6-7-11-17/h8-9,12-17H,6-7,10-11H2,1-5H3/t16-/m0/s1. The molecule has 0 N–H and O–H groups in total. The van der Waals surface area contributed by atoms with Crippen LogP contribution in [0.3, 0.4) is 0 Å². The smallest absolute Gasteiger partial charge is 0.262 e. The van der Waals surface area contributed by atoms with Gasteiger partial charge < -0.3 is 4.90 Å². The molecule has 1 fully saturated rings. The fraction of sp³-hybridized carbons (Fsp3) is 0.591. The molecule has 1 aliphatic carbocycles. The van der Waals surface area contributed by atoms with E-state index in [2.05, 4.69) is 0 Å². The Morgan fingerprint density at radius 3 is 2.32 bits per heavy atom. The summed E-state index contributed by atoms with van der Waals surface area (Å²) in [6.45, 7) is 10.1. The largest absolute Gasteiger partial charge is 0.337 e. The molecule has 2 aromatic rings. The first-order valence-corrected chi connectivity index (χ1v) is 11.2. The van der Waals surface area contributed by atoms with Crippen LogP contribution in [0, 0.1) is 0 Å². The molecule has 5 nitrogen and oxygen atoms in total. The average Bonchev–Trinajstić information content (AvgIpc) is 3.15. The third-order valence-electron chi connectivity index (χ3n) is 5.46. The zero-order valence-electron chi connectivity index (χ0n) is 17.5. The normalized spacial score (nSPS) is 16.2. The summed E-state index contributed by atoms with van der Waals surface area (Å²) in [5, 5.41) is 1.03. The Labute approximate surface area is 171 Å². The van der Waals surface area contributed by atoms with Gasteiger partial charge in [-0.25, -0.2) is 4.98 Å². The minimum Gasteiger partial charge on any atom is -0.337 e. The fourth-order valence-electron chi connectivity index (χ4n) is 4.22. The lowest BCUT2D eigenvalue weighted by molar-refractivity contribution is -0.133. The van der Waals surface area contributed by atoms with Crippen LogP contribution in [-0.4, -0.2) is 37.7 Å². The zero-order chi connectivity index (χ0) is 20.4. The highest BCUT2D eigenvalue weighted by molar-refractivity contribution is 8.00. The van der Waals surface area contributed by atoms with Gasteiger partial charge in [-0.15, -0.1) is 0 Å². The highest BCUT2D eigenvalue weighted by Gasteiger charge is 2.29. The van der Waals surface area contributed by atoms with Crippen molar-refractivity contribution >= 4 is 28.6 Å². The highest BCUT2D eigenvalue weighted by atomic mass is 32.2. The van der Waals surface area contributed by atoms with E-state index in [4.69, 9.17) is 4.98 Å². The lowest BCUT2D eigenvalue weighted by Crippen LogP contribution is -2.45. The molecule has 152 valence electrons. The minimum atomic E-state index is -0.300. The summed E-state index contributed by atoms with van der Waals surface area (Å²) in [5.74, 6) is 0.0929. The monoisotopic (exact) mass is 401 g/mol. The van der Waals surface area contributed by atoms with Gasteiger partial charge in [-0.05, 0) is 59.6 Å². The number of hydrogen-bond donors (Lipinski definition) is 0. The summed E-state index contributed by atoms with van der Waals surface area (Å²) >= 11 is 1.42. The molecule has 0 aliphatic heterocycles. The Kier molecular flexibility index (Phi) is 6.48. The van der Waals surface area contributed by atoms with Gasteiger partial charge >= 0.3 is 0 Å². The molecule has 0 unspecified atom stereocenters. The second-order valence-corrected chi connectivity index (χ2v) is 9.53. The Morgan fingerprint density at radius 1 is 1.11 bits per heavy atom. The van der Waals surface area contributed by atoms with Crippen molar-refractivity contribution in [1.29, 1.82) is 0 Å². The van der Waals surface area contributed by atoms with Gasteiger partial charge in [-0.2, -0.15) is 0 Å². The van der Waals surface area contributed by atoms with Crippen LogP contribution >= 0.6 is 11.8 Å². The molecule has 1 heterocycles. The van der Waals surface area contributed by atoms with Crippen LogP contribution in [0.4, 0.5) is 0 Å². The molecule has 6 heteroatoms. The summed E-state index contributed by atoms with van der Waals surface area (Å²) in [6.07, 6.45) is 4.27. The number of nitrogens with zero attached hydrogens (tertiary/aromatic N) is 3. The number of carbonyl (C=O) groups is 1. The summed E-state index contributed by atoms with van der Waals surface area (Å²) in [4.78, 5) is 33.1. The predicted octanol–water partition coefficient (Wildman–Crippen LogP) is 4.64. The van der Waals surface area contributed by atoms with Crippen molar-refractivity contribution in [3.8, 4) is 0 Å². The Morgan fingerprint density at radius 2 is 1.71 bits per heavy atom. The molecule has 1 aliphatic rings. The van der Waals surface area contributed by atoms with Crippen LogP contribution in [-0.2, 0) is 4.79 Å². The first kappa shape index (κ1) is 20.9. The van der Waals surface area contributed by atoms with Gasteiger partial charge in [0.25, 0.3) is 5.56 Å². The Bertz CT molecular complexity index is 892. The molecule has 0 spiro atoms. The van der Waals surface area contributed by atoms with E-state index < -0.39 is 0 Å². The molecular formula is C22H31N3O2S. The molecule has 3 rings (SSSR count). The van der Waals surface area contributed by atoms with E-state index >= 15 is 0 Å². The van der Waals surface area contributed by atoms with E-state index in [0.29, 0.717) is 16.1 Å². The number of amides is 1. The molecule has 1 aromatic carbocycles. The summed E-state index contributed by atoms with van der Waals surface area (Å²) < 4.78 is 1.86. The van der Waals surface area contributed by atoms with Crippen molar-refractivity contribution in [2.24, 2.45) is 0 Å². The number of hydrogen-bond acceptors (Lipinski definition) is 4. The Balaban J connectivity index is 2.00. The third-order valence-corrected chi connectivity index (χ3v) is 6.52. The lowest BCUT2D eigenvalue weighted by Gasteiger charge is -2.33. The van der Waals surface area contributed by atoms with E-state index in [-0.39, 0.29) is 34.8 Å². The number of benzene rings is 1. The minimum absolute atomic E-state index is 0.0178. The number of rotatable bonds is 6. The topological polar surface area (TPSA) is 55.2 Å². The van der Waals surface area contributed by atoms with Crippen molar-refractivity contribution in [2.75, 3.05) is 0 Å². The van der Waals surface area contributed by atoms with Gasteiger partial charge in [0, 0.05) is 18.1 Å². The van der Waals surface area contributed by atoms with E-state index in [1.165, 1.54) is 11.8 Å². The molecule has 1 amide bonds. The number of aromatic nitrogens is 2. The van der Waals surface area contributed by atoms with Crippen molar-refractivity contribution in [1.82, 2.24) is 14.5 Å². The SMILES string of the molecule is CC(C)N(C(=O)[C@H](C)Sc1nc2ccccc2c(=O)n1C1CCCC1)C(C)C. The van der Waals surface area contributed by atoms with Crippen LogP contribution in [0.25, 0.3) is 10.9 Å².